The highest BCUT2D eigenvalue weighted by Crippen LogP contribution is 2.27. The summed E-state index contributed by atoms with van der Waals surface area (Å²) in [5, 5.41) is 4.16. The lowest BCUT2D eigenvalue weighted by molar-refractivity contribution is 0.452. The molecule has 0 saturated heterocycles. The zero-order valence-corrected chi connectivity index (χ0v) is 12.5. The van der Waals surface area contributed by atoms with Gasteiger partial charge in [0.25, 0.3) is 0 Å². The Morgan fingerprint density at radius 1 is 1.42 bits per heavy atom. The summed E-state index contributed by atoms with van der Waals surface area (Å²) in [5.41, 5.74) is 6.89. The molecular weight excluding hydrogens is 264 g/mol. The molecule has 1 aliphatic rings. The minimum absolute atomic E-state index is 0.0472. The van der Waals surface area contributed by atoms with E-state index in [1.807, 2.05) is 0 Å². The number of rotatable bonds is 4. The maximum Gasteiger partial charge on any atom is 0.244 e. The van der Waals surface area contributed by atoms with Gasteiger partial charge in [0, 0.05) is 13.1 Å². The number of hydrogen-bond acceptors (Lipinski definition) is 4. The Bertz CT molecular complexity index is 565. The minimum atomic E-state index is -3.52. The first kappa shape index (κ1) is 14.5. The molecule has 1 heterocycles. The van der Waals surface area contributed by atoms with Crippen LogP contribution in [0.15, 0.2) is 4.90 Å². The smallest absolute Gasteiger partial charge is 0.244 e. The molecule has 1 fully saturated rings. The van der Waals surface area contributed by atoms with E-state index in [0.29, 0.717) is 22.8 Å². The van der Waals surface area contributed by atoms with Crippen LogP contribution in [0.5, 0.6) is 0 Å². The number of hydrogen-bond donors (Lipinski definition) is 2. The van der Waals surface area contributed by atoms with E-state index in [9.17, 15) is 8.42 Å². The van der Waals surface area contributed by atoms with Crippen molar-refractivity contribution in [1.29, 1.82) is 0 Å². The lowest BCUT2D eigenvalue weighted by Gasteiger charge is -2.19. The van der Waals surface area contributed by atoms with Gasteiger partial charge in [-0.2, -0.15) is 5.10 Å². The van der Waals surface area contributed by atoms with Crippen LogP contribution in [-0.4, -0.2) is 30.8 Å². The van der Waals surface area contributed by atoms with Crippen LogP contribution in [-0.2, 0) is 17.1 Å². The van der Waals surface area contributed by atoms with Gasteiger partial charge in [0.1, 0.15) is 4.90 Å². The average Bonchev–Trinajstić information content (AvgIpc) is 2.84. The van der Waals surface area contributed by atoms with Crippen molar-refractivity contribution in [1.82, 2.24) is 14.5 Å². The molecule has 1 aromatic heterocycles. The summed E-state index contributed by atoms with van der Waals surface area (Å²) in [6, 6.07) is -0.0472. The first-order chi connectivity index (χ1) is 8.86. The molecular formula is C12H22N4O2S. The van der Waals surface area contributed by atoms with E-state index in [0.717, 1.165) is 19.3 Å². The first-order valence-electron chi connectivity index (χ1n) is 6.59. The zero-order valence-electron chi connectivity index (χ0n) is 11.7. The number of sulfonamides is 1. The second-order valence-electron chi connectivity index (χ2n) is 5.28. The van der Waals surface area contributed by atoms with Gasteiger partial charge >= 0.3 is 0 Å². The second kappa shape index (κ2) is 5.22. The summed E-state index contributed by atoms with van der Waals surface area (Å²) >= 11 is 0. The average molecular weight is 286 g/mol. The second-order valence-corrected chi connectivity index (χ2v) is 6.93. The van der Waals surface area contributed by atoms with Crippen LogP contribution in [0, 0.1) is 19.8 Å². The molecule has 1 saturated carbocycles. The number of nitrogens with two attached hydrogens (primary N) is 1. The van der Waals surface area contributed by atoms with Crippen LogP contribution in [0.4, 0.5) is 0 Å². The molecule has 1 aromatic rings. The first-order valence-corrected chi connectivity index (χ1v) is 8.07. The topological polar surface area (TPSA) is 90.0 Å². The molecule has 0 spiro atoms. The van der Waals surface area contributed by atoms with Gasteiger partial charge in [-0.25, -0.2) is 13.1 Å². The molecule has 2 atom stereocenters. The highest BCUT2D eigenvalue weighted by Gasteiger charge is 2.32. The lowest BCUT2D eigenvalue weighted by Crippen LogP contribution is -2.40. The summed E-state index contributed by atoms with van der Waals surface area (Å²) in [6.07, 6.45) is 2.88. The van der Waals surface area contributed by atoms with Crippen molar-refractivity contribution in [3.8, 4) is 0 Å². The fraction of sp³-hybridized carbons (Fsp3) is 0.750. The van der Waals surface area contributed by atoms with E-state index < -0.39 is 10.0 Å². The Morgan fingerprint density at radius 2 is 2.11 bits per heavy atom. The molecule has 6 nitrogen and oxygen atoms in total. The summed E-state index contributed by atoms with van der Waals surface area (Å²) < 4.78 is 29.4. The van der Waals surface area contributed by atoms with Gasteiger partial charge in [0.2, 0.25) is 10.0 Å². The number of nitrogens with one attached hydrogen (secondary N) is 1. The Hall–Kier alpha value is -0.920. The molecule has 0 aromatic carbocycles. The normalized spacial score (nSPS) is 24.0. The number of nitrogens with zero attached hydrogens (tertiary/aromatic N) is 2. The van der Waals surface area contributed by atoms with E-state index in [4.69, 9.17) is 5.73 Å². The molecule has 19 heavy (non-hydrogen) atoms. The highest BCUT2D eigenvalue weighted by molar-refractivity contribution is 7.89. The molecule has 2 rings (SSSR count). The van der Waals surface area contributed by atoms with Crippen LogP contribution >= 0.6 is 0 Å². The van der Waals surface area contributed by atoms with Gasteiger partial charge in [-0.05, 0) is 39.2 Å². The fourth-order valence-corrected chi connectivity index (χ4v) is 4.65. The van der Waals surface area contributed by atoms with Gasteiger partial charge in [-0.1, -0.05) is 6.42 Å². The van der Waals surface area contributed by atoms with Crippen LogP contribution in [0.2, 0.25) is 0 Å². The van der Waals surface area contributed by atoms with Gasteiger partial charge in [-0.15, -0.1) is 0 Å². The third kappa shape index (κ3) is 2.68. The molecule has 108 valence electrons. The van der Waals surface area contributed by atoms with Gasteiger partial charge in [-0.3, -0.25) is 4.68 Å². The molecule has 0 radical (unpaired) electrons. The number of aromatic nitrogens is 2. The van der Waals surface area contributed by atoms with Gasteiger partial charge < -0.3 is 5.73 Å². The third-order valence-electron chi connectivity index (χ3n) is 3.98. The molecule has 0 aliphatic heterocycles. The van der Waals surface area contributed by atoms with Gasteiger partial charge in [0.15, 0.2) is 0 Å². The fourth-order valence-electron chi connectivity index (χ4n) is 2.88. The van der Waals surface area contributed by atoms with Crippen molar-refractivity contribution in [2.45, 2.75) is 44.0 Å². The third-order valence-corrected chi connectivity index (χ3v) is 5.72. The lowest BCUT2D eigenvalue weighted by atomic mass is 10.1. The summed E-state index contributed by atoms with van der Waals surface area (Å²) in [6.45, 7) is 4.01. The summed E-state index contributed by atoms with van der Waals surface area (Å²) in [5.74, 6) is 0.243. The molecule has 2 unspecified atom stereocenters. The van der Waals surface area contributed by atoms with E-state index in [1.54, 1.807) is 25.6 Å². The SMILES string of the molecule is Cc1nn(C)c(C)c1S(=O)(=O)NC1CCCC1CN. The Labute approximate surface area is 114 Å². The maximum absolute atomic E-state index is 12.5. The van der Waals surface area contributed by atoms with Crippen molar-refractivity contribution in [3.05, 3.63) is 11.4 Å². The number of aryl methyl sites for hydroxylation is 2. The molecule has 1 aliphatic carbocycles. The Kier molecular flexibility index (Phi) is 3.98. The largest absolute Gasteiger partial charge is 0.330 e. The predicted molar refractivity (Wildman–Crippen MR) is 73.2 cm³/mol. The van der Waals surface area contributed by atoms with Crippen LogP contribution < -0.4 is 10.5 Å². The maximum atomic E-state index is 12.5. The van der Waals surface area contributed by atoms with Gasteiger partial charge in [0.05, 0.1) is 11.4 Å². The van der Waals surface area contributed by atoms with E-state index in [2.05, 4.69) is 9.82 Å². The van der Waals surface area contributed by atoms with E-state index in [-0.39, 0.29) is 12.0 Å². The quantitative estimate of drug-likeness (QED) is 0.840. The molecule has 7 heteroatoms. The van der Waals surface area contributed by atoms with Crippen molar-refractivity contribution in [3.63, 3.8) is 0 Å². The highest BCUT2D eigenvalue weighted by atomic mass is 32.2. The van der Waals surface area contributed by atoms with Crippen molar-refractivity contribution >= 4 is 10.0 Å². The predicted octanol–water partition coefficient (Wildman–Crippen LogP) is 0.443. The molecule has 0 bridgehead atoms. The van der Waals surface area contributed by atoms with Crippen molar-refractivity contribution < 1.29 is 8.42 Å². The van der Waals surface area contributed by atoms with Crippen molar-refractivity contribution in [2.24, 2.45) is 18.7 Å². The summed E-state index contributed by atoms with van der Waals surface area (Å²) in [7, 11) is -1.77. The minimum Gasteiger partial charge on any atom is -0.330 e. The van der Waals surface area contributed by atoms with Crippen LogP contribution in [0.3, 0.4) is 0 Å². The zero-order chi connectivity index (χ0) is 14.2. The Morgan fingerprint density at radius 3 is 2.63 bits per heavy atom. The summed E-state index contributed by atoms with van der Waals surface area (Å²) in [4.78, 5) is 0.303. The standard InChI is InChI=1S/C12H22N4O2S/c1-8-12(9(2)16(3)14-8)19(17,18)15-11-6-4-5-10(11)7-13/h10-11,15H,4-7,13H2,1-3H3. The van der Waals surface area contributed by atoms with Crippen LogP contribution in [0.1, 0.15) is 30.7 Å². The Balaban J connectivity index is 2.28. The molecule has 0 amide bonds. The van der Waals surface area contributed by atoms with Crippen molar-refractivity contribution in [2.75, 3.05) is 6.54 Å². The van der Waals surface area contributed by atoms with Crippen LogP contribution in [0.25, 0.3) is 0 Å². The monoisotopic (exact) mass is 286 g/mol. The molecule has 3 N–H and O–H groups in total. The van der Waals surface area contributed by atoms with E-state index in [1.165, 1.54) is 0 Å². The van der Waals surface area contributed by atoms with E-state index >= 15 is 0 Å².